The second kappa shape index (κ2) is 13.0. The third-order valence-corrected chi connectivity index (χ3v) is 10.4. The minimum atomic E-state index is -1.11. The molecule has 0 radical (unpaired) electrons. The molecule has 0 bridgehead atoms. The summed E-state index contributed by atoms with van der Waals surface area (Å²) in [5.41, 5.74) is 3.90. The smallest absolute Gasteiger partial charge is 0.239 e. The first-order valence-electron chi connectivity index (χ1n) is 14.5. The van der Waals surface area contributed by atoms with Crippen LogP contribution in [0.1, 0.15) is 29.2 Å². The molecule has 2 saturated heterocycles. The standard InChI is InChI=1S/C33H34BrClN4O3S/c1-22-2-9-26(10-3-22)43-33(32(41)36-12-13-38-14-16-42-17-15-38)19-30(40)39(21-23-4-6-24(34)7-5-23)31(33)28-20-37-29-18-25(35)8-11-27(28)29/h2-11,18,20,31,37H,12-17,19,21H2,1H3,(H,36,41)/t31-,33-/m1/s1. The summed E-state index contributed by atoms with van der Waals surface area (Å²) in [5.74, 6) is -0.189. The van der Waals surface area contributed by atoms with Crippen molar-refractivity contribution in [3.63, 3.8) is 0 Å². The van der Waals surface area contributed by atoms with Crippen LogP contribution in [0.4, 0.5) is 0 Å². The average Bonchev–Trinajstić information content (AvgIpc) is 3.53. The quantitative estimate of drug-likeness (QED) is 0.216. The molecule has 6 rings (SSSR count). The molecule has 2 fully saturated rings. The molecule has 10 heteroatoms. The molecule has 3 aromatic carbocycles. The van der Waals surface area contributed by atoms with Crippen molar-refractivity contribution < 1.29 is 14.3 Å². The largest absolute Gasteiger partial charge is 0.379 e. The highest BCUT2D eigenvalue weighted by Crippen LogP contribution is 2.54. The van der Waals surface area contributed by atoms with Crippen LogP contribution in [0.5, 0.6) is 0 Å². The number of ether oxygens (including phenoxy) is 1. The zero-order valence-electron chi connectivity index (χ0n) is 23.9. The number of nitrogens with one attached hydrogen (secondary N) is 2. The van der Waals surface area contributed by atoms with Crippen molar-refractivity contribution in [1.29, 1.82) is 0 Å². The fourth-order valence-corrected chi connectivity index (χ4v) is 7.87. The maximum atomic E-state index is 14.6. The number of amides is 2. The second-order valence-electron chi connectivity index (χ2n) is 11.2. The van der Waals surface area contributed by atoms with Gasteiger partial charge >= 0.3 is 0 Å². The van der Waals surface area contributed by atoms with E-state index in [1.54, 1.807) is 0 Å². The molecule has 0 unspecified atom stereocenters. The number of benzene rings is 3. The van der Waals surface area contributed by atoms with Gasteiger partial charge in [-0.3, -0.25) is 14.5 Å². The molecule has 1 aromatic heterocycles. The van der Waals surface area contributed by atoms with Crippen molar-refractivity contribution in [3.05, 3.63) is 99.1 Å². The van der Waals surface area contributed by atoms with Gasteiger partial charge in [0.05, 0.1) is 25.7 Å². The molecule has 2 atom stereocenters. The first kappa shape index (κ1) is 30.2. The van der Waals surface area contributed by atoms with Gasteiger partial charge in [-0.05, 0) is 48.9 Å². The molecule has 2 amide bonds. The highest BCUT2D eigenvalue weighted by molar-refractivity contribution is 9.10. The maximum absolute atomic E-state index is 14.6. The molecular formula is C33H34BrClN4O3S. The summed E-state index contributed by atoms with van der Waals surface area (Å²) < 4.78 is 5.35. The Balaban J connectivity index is 1.42. The lowest BCUT2D eigenvalue weighted by Gasteiger charge is -2.36. The number of carbonyl (C=O) groups is 2. The lowest BCUT2D eigenvalue weighted by atomic mass is 9.91. The summed E-state index contributed by atoms with van der Waals surface area (Å²) in [6.45, 7) is 6.74. The SMILES string of the molecule is Cc1ccc(S[C@]2(C(=O)NCCN3CCOCC3)CC(=O)N(Cc3ccc(Br)cc3)[C@@H]2c2c[nH]c3cc(Cl)ccc23)cc1. The van der Waals surface area contributed by atoms with E-state index in [-0.39, 0.29) is 18.2 Å². The lowest BCUT2D eigenvalue weighted by Crippen LogP contribution is -2.50. The van der Waals surface area contributed by atoms with Gasteiger partial charge in [0, 0.05) is 69.8 Å². The molecular weight excluding hydrogens is 648 g/mol. The molecule has 7 nitrogen and oxygen atoms in total. The number of aromatic amines is 1. The fourth-order valence-electron chi connectivity index (χ4n) is 6.01. The van der Waals surface area contributed by atoms with E-state index in [0.717, 1.165) is 56.6 Å². The van der Waals surface area contributed by atoms with Crippen molar-refractivity contribution in [3.8, 4) is 0 Å². The molecule has 3 heterocycles. The minimum absolute atomic E-state index is 0.0563. The fraction of sp³-hybridized carbons (Fsp3) is 0.333. The summed E-state index contributed by atoms with van der Waals surface area (Å²) in [6, 6.07) is 21.3. The zero-order chi connectivity index (χ0) is 30.0. The van der Waals surface area contributed by atoms with E-state index >= 15 is 0 Å². The summed E-state index contributed by atoms with van der Waals surface area (Å²) in [6.07, 6.45) is 2.01. The van der Waals surface area contributed by atoms with E-state index in [4.69, 9.17) is 16.3 Å². The van der Waals surface area contributed by atoms with E-state index in [1.807, 2.05) is 84.8 Å². The molecule has 4 aromatic rings. The topological polar surface area (TPSA) is 77.7 Å². The van der Waals surface area contributed by atoms with Crippen LogP contribution in [0.3, 0.4) is 0 Å². The van der Waals surface area contributed by atoms with Gasteiger partial charge in [-0.15, -0.1) is 11.8 Å². The Kier molecular flexibility index (Phi) is 9.16. The predicted octanol–water partition coefficient (Wildman–Crippen LogP) is 6.35. The monoisotopic (exact) mass is 680 g/mol. The van der Waals surface area contributed by atoms with Gasteiger partial charge in [-0.2, -0.15) is 0 Å². The van der Waals surface area contributed by atoms with E-state index in [9.17, 15) is 9.59 Å². The van der Waals surface area contributed by atoms with Gasteiger partial charge in [-0.25, -0.2) is 0 Å². The molecule has 2 N–H and O–H groups in total. The summed E-state index contributed by atoms with van der Waals surface area (Å²) in [4.78, 5) is 37.1. The van der Waals surface area contributed by atoms with Gasteiger partial charge in [0.15, 0.2) is 0 Å². The van der Waals surface area contributed by atoms with E-state index in [0.29, 0.717) is 31.3 Å². The Morgan fingerprint density at radius 3 is 2.60 bits per heavy atom. The van der Waals surface area contributed by atoms with Crippen molar-refractivity contribution >= 4 is 62.0 Å². The number of halogens is 2. The third kappa shape index (κ3) is 6.51. The van der Waals surface area contributed by atoms with Crippen LogP contribution in [0.15, 0.2) is 82.3 Å². The molecule has 0 aliphatic carbocycles. The number of aryl methyl sites for hydroxylation is 1. The Morgan fingerprint density at radius 2 is 1.86 bits per heavy atom. The number of nitrogens with zero attached hydrogens (tertiary/aromatic N) is 2. The molecule has 0 saturated carbocycles. The first-order valence-corrected chi connectivity index (χ1v) is 16.5. The molecule has 224 valence electrons. The molecule has 43 heavy (non-hydrogen) atoms. The van der Waals surface area contributed by atoms with Gasteiger partial charge in [0.2, 0.25) is 11.8 Å². The van der Waals surface area contributed by atoms with Crippen molar-refractivity contribution in [2.75, 3.05) is 39.4 Å². The van der Waals surface area contributed by atoms with E-state index in [2.05, 4.69) is 31.1 Å². The van der Waals surface area contributed by atoms with Crippen molar-refractivity contribution in [2.24, 2.45) is 0 Å². The highest BCUT2D eigenvalue weighted by Gasteiger charge is 2.58. The van der Waals surface area contributed by atoms with Gasteiger partial charge in [0.1, 0.15) is 4.75 Å². The van der Waals surface area contributed by atoms with Crippen molar-refractivity contribution in [2.45, 2.75) is 35.6 Å². The van der Waals surface area contributed by atoms with Crippen LogP contribution in [0.25, 0.3) is 10.9 Å². The van der Waals surface area contributed by atoms with Gasteiger partial charge in [0.25, 0.3) is 0 Å². The predicted molar refractivity (Wildman–Crippen MR) is 175 cm³/mol. The first-order chi connectivity index (χ1) is 20.8. The number of hydrogen-bond donors (Lipinski definition) is 2. The van der Waals surface area contributed by atoms with Crippen LogP contribution in [-0.2, 0) is 20.9 Å². The molecule has 2 aliphatic heterocycles. The number of H-pyrrole nitrogens is 1. The number of rotatable bonds is 9. The van der Waals surface area contributed by atoms with Crippen LogP contribution in [0.2, 0.25) is 5.02 Å². The van der Waals surface area contributed by atoms with Gasteiger partial charge in [-0.1, -0.05) is 63.4 Å². The number of carbonyl (C=O) groups excluding carboxylic acids is 2. The number of fused-ring (bicyclic) bond motifs is 1. The highest BCUT2D eigenvalue weighted by atomic mass is 79.9. The Labute approximate surface area is 269 Å². The second-order valence-corrected chi connectivity index (χ2v) is 13.9. The Hall–Kier alpha value is -2.82. The van der Waals surface area contributed by atoms with Crippen LogP contribution < -0.4 is 5.32 Å². The average molecular weight is 682 g/mol. The number of hydrogen-bond acceptors (Lipinski definition) is 5. The molecule has 0 spiro atoms. The number of aromatic nitrogens is 1. The summed E-state index contributed by atoms with van der Waals surface area (Å²) >= 11 is 11.3. The summed E-state index contributed by atoms with van der Waals surface area (Å²) in [5, 5.41) is 4.81. The van der Waals surface area contributed by atoms with Crippen LogP contribution in [0, 0.1) is 6.92 Å². The van der Waals surface area contributed by atoms with Crippen LogP contribution in [-0.4, -0.2) is 70.7 Å². The Morgan fingerprint density at radius 1 is 1.12 bits per heavy atom. The van der Waals surface area contributed by atoms with Crippen LogP contribution >= 0.6 is 39.3 Å². The summed E-state index contributed by atoms with van der Waals surface area (Å²) in [7, 11) is 0. The van der Waals surface area contributed by atoms with Gasteiger partial charge < -0.3 is 19.9 Å². The van der Waals surface area contributed by atoms with Crippen molar-refractivity contribution in [1.82, 2.24) is 20.1 Å². The zero-order valence-corrected chi connectivity index (χ0v) is 27.1. The Bertz CT molecular complexity index is 1610. The third-order valence-electron chi connectivity index (χ3n) is 8.25. The lowest BCUT2D eigenvalue weighted by molar-refractivity contribution is -0.129. The number of thioether (sulfide) groups is 1. The minimum Gasteiger partial charge on any atom is -0.379 e. The van der Waals surface area contributed by atoms with E-state index in [1.165, 1.54) is 11.8 Å². The number of likely N-dealkylation sites (tertiary alicyclic amines) is 1. The maximum Gasteiger partial charge on any atom is 0.239 e. The number of morpholine rings is 1. The molecule has 2 aliphatic rings. The normalized spacial score (nSPS) is 21.0. The van der Waals surface area contributed by atoms with E-state index < -0.39 is 10.8 Å².